The molecule has 6 rings (SSSR count). The number of aromatic nitrogens is 2. The predicted octanol–water partition coefficient (Wildman–Crippen LogP) is 7.85. The Morgan fingerprint density at radius 1 is 0.957 bits per heavy atom. The van der Waals surface area contributed by atoms with Crippen molar-refractivity contribution in [1.82, 2.24) is 9.97 Å². The Bertz CT molecular complexity index is 1980. The first-order valence-electron chi connectivity index (χ1n) is 14.1. The number of anilines is 1. The van der Waals surface area contributed by atoms with E-state index in [-0.39, 0.29) is 22.5 Å². The van der Waals surface area contributed by atoms with E-state index < -0.39 is 27.7 Å². The summed E-state index contributed by atoms with van der Waals surface area (Å²) in [6.45, 7) is -0.0522. The average Bonchev–Trinajstić information content (AvgIpc) is 3.73. The second-order valence-corrected chi connectivity index (χ2v) is 13.4. The van der Waals surface area contributed by atoms with Crippen LogP contribution < -0.4 is 13.8 Å². The maximum absolute atomic E-state index is 14.2. The summed E-state index contributed by atoms with van der Waals surface area (Å²) in [5.74, 6) is -0.0388. The highest BCUT2D eigenvalue weighted by molar-refractivity contribution is 7.93. The van der Waals surface area contributed by atoms with Gasteiger partial charge in [0, 0.05) is 40.9 Å². The summed E-state index contributed by atoms with van der Waals surface area (Å²) < 4.78 is 95.0. The minimum atomic E-state index is -4.57. The SMILES string of the molecule is COc1ccc(CN(c2nccs2)S(=O)(=O)c2ccc3c(c2)CCC3c2ccc(C(F)(F)F)cc2-c2ccc(F)nc2)c(OC)c1. The lowest BCUT2D eigenvalue weighted by molar-refractivity contribution is -0.137. The second kappa shape index (κ2) is 12.4. The third kappa shape index (κ3) is 6.04. The van der Waals surface area contributed by atoms with E-state index in [0.29, 0.717) is 46.6 Å². The average molecular weight is 670 g/mol. The summed E-state index contributed by atoms with van der Waals surface area (Å²) in [5, 5.41) is 1.97. The molecular formula is C33H27F4N3O4S2. The first kappa shape index (κ1) is 31.5. The minimum absolute atomic E-state index is 0.0522. The molecule has 2 aromatic heterocycles. The molecule has 1 unspecified atom stereocenters. The first-order chi connectivity index (χ1) is 22.0. The molecule has 0 fully saturated rings. The molecule has 0 amide bonds. The number of pyridine rings is 1. The van der Waals surface area contributed by atoms with E-state index in [4.69, 9.17) is 9.47 Å². The summed E-state index contributed by atoms with van der Waals surface area (Å²) in [6, 6.07) is 16.0. The van der Waals surface area contributed by atoms with E-state index in [0.717, 1.165) is 29.3 Å². The molecule has 2 heterocycles. The molecule has 0 saturated heterocycles. The van der Waals surface area contributed by atoms with Crippen molar-refractivity contribution in [2.75, 3.05) is 18.5 Å². The van der Waals surface area contributed by atoms with E-state index in [9.17, 15) is 26.0 Å². The predicted molar refractivity (Wildman–Crippen MR) is 166 cm³/mol. The van der Waals surface area contributed by atoms with Crippen molar-refractivity contribution in [1.29, 1.82) is 0 Å². The number of sulfonamides is 1. The largest absolute Gasteiger partial charge is 0.497 e. The van der Waals surface area contributed by atoms with Gasteiger partial charge in [-0.05, 0) is 83.6 Å². The zero-order valence-electron chi connectivity index (χ0n) is 24.6. The van der Waals surface area contributed by atoms with E-state index >= 15 is 0 Å². The zero-order valence-corrected chi connectivity index (χ0v) is 26.2. The molecule has 1 atom stereocenters. The smallest absolute Gasteiger partial charge is 0.416 e. The van der Waals surface area contributed by atoms with Gasteiger partial charge in [-0.25, -0.2) is 22.7 Å². The highest BCUT2D eigenvalue weighted by Crippen LogP contribution is 2.45. The Labute approximate surface area is 267 Å². The van der Waals surface area contributed by atoms with Crippen LogP contribution in [-0.2, 0) is 29.2 Å². The number of nitrogens with zero attached hydrogens (tertiary/aromatic N) is 3. The Morgan fingerprint density at radius 2 is 1.76 bits per heavy atom. The van der Waals surface area contributed by atoms with Crippen LogP contribution >= 0.6 is 11.3 Å². The van der Waals surface area contributed by atoms with Gasteiger partial charge in [-0.15, -0.1) is 11.3 Å². The van der Waals surface area contributed by atoms with E-state index in [1.807, 2.05) is 0 Å². The zero-order chi connectivity index (χ0) is 32.6. The van der Waals surface area contributed by atoms with Crippen LogP contribution in [0.15, 0.2) is 89.4 Å². The van der Waals surface area contributed by atoms with Crippen molar-refractivity contribution in [3.8, 4) is 22.6 Å². The molecule has 0 spiro atoms. The third-order valence-corrected chi connectivity index (χ3v) is 10.7. The van der Waals surface area contributed by atoms with E-state index in [1.165, 1.54) is 60.5 Å². The molecule has 7 nitrogen and oxygen atoms in total. The van der Waals surface area contributed by atoms with Crippen LogP contribution in [0.3, 0.4) is 0 Å². The number of methoxy groups -OCH3 is 2. The maximum atomic E-state index is 14.2. The molecular weight excluding hydrogens is 643 g/mol. The van der Waals surface area contributed by atoms with Crippen LogP contribution in [-0.4, -0.2) is 32.6 Å². The highest BCUT2D eigenvalue weighted by Gasteiger charge is 2.35. The number of fused-ring (bicyclic) bond motifs is 1. The Balaban J connectivity index is 1.38. The van der Waals surface area contributed by atoms with Crippen LogP contribution in [0, 0.1) is 5.95 Å². The van der Waals surface area contributed by atoms with E-state index in [2.05, 4.69) is 9.97 Å². The monoisotopic (exact) mass is 669 g/mol. The number of hydrogen-bond acceptors (Lipinski definition) is 7. The summed E-state index contributed by atoms with van der Waals surface area (Å²) in [5.41, 5.74) is 2.62. The lowest BCUT2D eigenvalue weighted by Gasteiger charge is -2.24. The van der Waals surface area contributed by atoms with Gasteiger partial charge in [0.15, 0.2) is 5.13 Å². The molecule has 0 aliphatic heterocycles. The molecule has 238 valence electrons. The standard InChI is InChI=1S/C33H27F4N3O4S2/c1-43-24-7-3-22(30(17-24)44-2)19-40(32-38-13-14-45-32)46(41,42)25-8-11-26-20(15-25)4-9-27(26)28-10-6-23(33(35,36)37)16-29(28)21-5-12-31(34)39-18-21/h3,5-8,10-18,27H,4,9,19H2,1-2H3. The van der Waals surface area contributed by atoms with Gasteiger partial charge in [-0.3, -0.25) is 0 Å². The van der Waals surface area contributed by atoms with Gasteiger partial charge in [-0.1, -0.05) is 12.1 Å². The van der Waals surface area contributed by atoms with Gasteiger partial charge in [0.1, 0.15) is 11.5 Å². The summed E-state index contributed by atoms with van der Waals surface area (Å²) >= 11 is 1.18. The molecule has 1 aliphatic rings. The van der Waals surface area contributed by atoms with Crippen LogP contribution in [0.1, 0.15) is 40.2 Å². The molecule has 5 aromatic rings. The third-order valence-electron chi connectivity index (χ3n) is 8.02. The lowest BCUT2D eigenvalue weighted by Crippen LogP contribution is -2.30. The Morgan fingerprint density at radius 3 is 2.43 bits per heavy atom. The van der Waals surface area contributed by atoms with Gasteiger partial charge < -0.3 is 9.47 Å². The molecule has 0 bridgehead atoms. The first-order valence-corrected chi connectivity index (χ1v) is 16.4. The number of rotatable bonds is 9. The van der Waals surface area contributed by atoms with Gasteiger partial charge >= 0.3 is 6.18 Å². The molecule has 0 saturated carbocycles. The number of ether oxygens (including phenoxy) is 2. The number of alkyl halides is 3. The van der Waals surface area contributed by atoms with Gasteiger partial charge in [-0.2, -0.15) is 17.6 Å². The minimum Gasteiger partial charge on any atom is -0.497 e. The van der Waals surface area contributed by atoms with Gasteiger partial charge in [0.2, 0.25) is 5.95 Å². The quantitative estimate of drug-likeness (QED) is 0.118. The van der Waals surface area contributed by atoms with Crippen molar-refractivity contribution in [2.45, 2.75) is 36.4 Å². The van der Waals surface area contributed by atoms with Crippen molar-refractivity contribution in [3.63, 3.8) is 0 Å². The number of halogens is 4. The molecule has 1 aliphatic carbocycles. The molecule has 0 N–H and O–H groups in total. The van der Waals surface area contributed by atoms with E-state index in [1.54, 1.807) is 35.7 Å². The lowest BCUT2D eigenvalue weighted by atomic mass is 9.86. The van der Waals surface area contributed by atoms with Gasteiger partial charge in [0.25, 0.3) is 10.0 Å². The summed E-state index contributed by atoms with van der Waals surface area (Å²) in [6.07, 6.45) is -0.777. The topological polar surface area (TPSA) is 81.6 Å². The molecule has 13 heteroatoms. The van der Waals surface area contributed by atoms with Crippen molar-refractivity contribution in [3.05, 3.63) is 118 Å². The molecule has 46 heavy (non-hydrogen) atoms. The number of thiazole rings is 1. The van der Waals surface area contributed by atoms with Gasteiger partial charge in [0.05, 0.1) is 31.2 Å². The van der Waals surface area contributed by atoms with Crippen LogP contribution in [0.4, 0.5) is 22.7 Å². The van der Waals surface area contributed by atoms with Crippen molar-refractivity contribution in [2.24, 2.45) is 0 Å². The number of aryl methyl sites for hydroxylation is 1. The fraction of sp³-hybridized carbons (Fsp3) is 0.212. The second-order valence-electron chi connectivity index (χ2n) is 10.6. The Hall–Kier alpha value is -4.49. The molecule has 3 aromatic carbocycles. The summed E-state index contributed by atoms with van der Waals surface area (Å²) in [4.78, 5) is 7.98. The van der Waals surface area contributed by atoms with Crippen LogP contribution in [0.25, 0.3) is 11.1 Å². The number of hydrogen-bond donors (Lipinski definition) is 0. The van der Waals surface area contributed by atoms with Crippen LogP contribution in [0.5, 0.6) is 11.5 Å². The highest BCUT2D eigenvalue weighted by atomic mass is 32.2. The van der Waals surface area contributed by atoms with Crippen molar-refractivity contribution >= 4 is 26.5 Å². The number of benzene rings is 3. The van der Waals surface area contributed by atoms with Crippen molar-refractivity contribution < 1.29 is 35.5 Å². The fourth-order valence-electron chi connectivity index (χ4n) is 5.76. The van der Waals surface area contributed by atoms with Crippen LogP contribution in [0.2, 0.25) is 0 Å². The maximum Gasteiger partial charge on any atom is 0.416 e. The summed E-state index contributed by atoms with van der Waals surface area (Å²) in [7, 11) is -1.10. The normalized spacial score (nSPS) is 14.6. The fourth-order valence-corrected chi connectivity index (χ4v) is 8.08. The Kier molecular flexibility index (Phi) is 8.47. The molecule has 0 radical (unpaired) electrons.